The van der Waals surface area contributed by atoms with Crippen LogP contribution in [0.2, 0.25) is 0 Å². The molecule has 1 rings (SSSR count). The van der Waals surface area contributed by atoms with Crippen LogP contribution in [0.15, 0.2) is 18.3 Å². The van der Waals surface area contributed by atoms with E-state index in [4.69, 9.17) is 5.11 Å². The van der Waals surface area contributed by atoms with Crippen LogP contribution in [0.1, 0.15) is 18.2 Å². The van der Waals surface area contributed by atoms with E-state index < -0.39 is 0 Å². The van der Waals surface area contributed by atoms with E-state index in [-0.39, 0.29) is 11.7 Å². The minimum atomic E-state index is -0.0130. The predicted octanol–water partition coefficient (Wildman–Crippen LogP) is 1.21. The van der Waals surface area contributed by atoms with Gasteiger partial charge in [0.15, 0.2) is 5.12 Å². The van der Waals surface area contributed by atoms with Crippen LogP contribution in [-0.2, 0) is 11.4 Å². The molecule has 0 unspecified atom stereocenters. The number of hydrogen-bond acceptors (Lipinski definition) is 4. The molecule has 1 aromatic rings. The van der Waals surface area contributed by atoms with Crippen LogP contribution in [0.25, 0.3) is 0 Å². The minimum absolute atomic E-state index is 0.0130. The van der Waals surface area contributed by atoms with Gasteiger partial charge in [-0.05, 0) is 17.6 Å². The van der Waals surface area contributed by atoms with Gasteiger partial charge in [0, 0.05) is 13.1 Å². The van der Waals surface area contributed by atoms with E-state index in [1.807, 2.05) is 0 Å². The highest BCUT2D eigenvalue weighted by atomic mass is 32.2. The van der Waals surface area contributed by atoms with Crippen LogP contribution in [0.4, 0.5) is 0 Å². The first-order chi connectivity index (χ1) is 7.22. The van der Waals surface area contributed by atoms with Crippen LogP contribution < -0.4 is 0 Å². The maximum absolute atomic E-state index is 10.6. The third-order valence-electron chi connectivity index (χ3n) is 1.57. The molecule has 0 amide bonds. The quantitative estimate of drug-likeness (QED) is 0.762. The van der Waals surface area contributed by atoms with Crippen molar-refractivity contribution in [3.05, 3.63) is 29.6 Å². The summed E-state index contributed by atoms with van der Waals surface area (Å²) >= 11 is 1.18. The van der Waals surface area contributed by atoms with Gasteiger partial charge in [0.1, 0.15) is 5.69 Å². The van der Waals surface area contributed by atoms with Crippen molar-refractivity contribution in [1.82, 2.24) is 4.98 Å². The molecule has 15 heavy (non-hydrogen) atoms. The Morgan fingerprint density at radius 2 is 2.40 bits per heavy atom. The molecule has 0 spiro atoms. The van der Waals surface area contributed by atoms with Crippen molar-refractivity contribution in [3.8, 4) is 11.8 Å². The first-order valence-corrected chi connectivity index (χ1v) is 5.39. The van der Waals surface area contributed by atoms with Crippen molar-refractivity contribution in [3.63, 3.8) is 0 Å². The predicted molar refractivity (Wildman–Crippen MR) is 60.2 cm³/mol. The lowest BCUT2D eigenvalue weighted by Gasteiger charge is -1.93. The summed E-state index contributed by atoms with van der Waals surface area (Å²) in [5, 5.41) is 8.85. The largest absolute Gasteiger partial charge is 0.392 e. The highest BCUT2D eigenvalue weighted by molar-refractivity contribution is 8.13. The molecular weight excluding hydrogens is 210 g/mol. The van der Waals surface area contributed by atoms with Crippen LogP contribution in [0.3, 0.4) is 0 Å². The second-order valence-corrected chi connectivity index (χ2v) is 3.94. The van der Waals surface area contributed by atoms with E-state index in [9.17, 15) is 4.79 Å². The first-order valence-electron chi connectivity index (χ1n) is 4.40. The Hall–Kier alpha value is -1.31. The van der Waals surface area contributed by atoms with Crippen molar-refractivity contribution >= 4 is 16.9 Å². The Morgan fingerprint density at radius 3 is 2.93 bits per heavy atom. The van der Waals surface area contributed by atoms with Crippen LogP contribution in [0.5, 0.6) is 0 Å². The molecule has 1 heterocycles. The lowest BCUT2D eigenvalue weighted by Crippen LogP contribution is -1.87. The first kappa shape index (κ1) is 11.8. The standard InChI is InChI=1S/C11H11NO2S/c1-9(14)15-6-2-3-11-5-4-10(8-13)7-12-11/h4-5,7,13H,6,8H2,1H3. The Labute approximate surface area is 92.9 Å². The summed E-state index contributed by atoms with van der Waals surface area (Å²) in [7, 11) is 0. The molecule has 78 valence electrons. The molecule has 0 atom stereocenters. The van der Waals surface area contributed by atoms with Crippen molar-refractivity contribution in [2.75, 3.05) is 5.75 Å². The Kier molecular flexibility index (Phi) is 4.88. The van der Waals surface area contributed by atoms with Gasteiger partial charge in [-0.3, -0.25) is 4.79 Å². The van der Waals surface area contributed by atoms with E-state index in [0.717, 1.165) is 5.56 Å². The third kappa shape index (κ3) is 4.63. The van der Waals surface area contributed by atoms with Crippen LogP contribution in [0, 0.1) is 11.8 Å². The molecule has 1 aromatic heterocycles. The average Bonchev–Trinajstić information content (AvgIpc) is 2.25. The van der Waals surface area contributed by atoms with Gasteiger partial charge in [-0.2, -0.15) is 0 Å². The fourth-order valence-corrected chi connectivity index (χ4v) is 1.20. The fourth-order valence-electron chi connectivity index (χ4n) is 0.856. The maximum atomic E-state index is 10.6. The lowest BCUT2D eigenvalue weighted by molar-refractivity contribution is -0.109. The molecule has 3 nitrogen and oxygen atoms in total. The van der Waals surface area contributed by atoms with E-state index in [1.165, 1.54) is 18.7 Å². The van der Waals surface area contributed by atoms with Crippen molar-refractivity contribution in [2.45, 2.75) is 13.5 Å². The molecule has 0 aromatic carbocycles. The molecule has 0 radical (unpaired) electrons. The number of rotatable bonds is 2. The highest BCUT2D eigenvalue weighted by Gasteiger charge is 1.91. The fraction of sp³-hybridized carbons (Fsp3) is 0.273. The van der Waals surface area contributed by atoms with Gasteiger partial charge in [-0.1, -0.05) is 23.7 Å². The van der Waals surface area contributed by atoms with Gasteiger partial charge in [-0.15, -0.1) is 0 Å². The molecule has 0 aliphatic heterocycles. The van der Waals surface area contributed by atoms with E-state index in [0.29, 0.717) is 11.4 Å². The van der Waals surface area contributed by atoms with Crippen LogP contribution >= 0.6 is 11.8 Å². The Morgan fingerprint density at radius 1 is 1.60 bits per heavy atom. The number of nitrogens with zero attached hydrogens (tertiary/aromatic N) is 1. The Bertz CT molecular complexity index is 389. The van der Waals surface area contributed by atoms with Crippen molar-refractivity contribution in [1.29, 1.82) is 0 Å². The van der Waals surface area contributed by atoms with Gasteiger partial charge in [-0.25, -0.2) is 4.98 Å². The number of carbonyl (C=O) groups is 1. The number of carbonyl (C=O) groups excluding carboxylic acids is 1. The molecule has 1 N–H and O–H groups in total. The van der Waals surface area contributed by atoms with Crippen LogP contribution in [-0.4, -0.2) is 21.0 Å². The van der Waals surface area contributed by atoms with E-state index in [2.05, 4.69) is 16.8 Å². The monoisotopic (exact) mass is 221 g/mol. The molecule has 0 saturated heterocycles. The molecule has 0 saturated carbocycles. The summed E-state index contributed by atoms with van der Waals surface area (Å²) < 4.78 is 0. The van der Waals surface area contributed by atoms with Gasteiger partial charge < -0.3 is 5.11 Å². The number of thioether (sulfide) groups is 1. The van der Waals surface area contributed by atoms with Gasteiger partial charge in [0.05, 0.1) is 12.4 Å². The highest BCUT2D eigenvalue weighted by Crippen LogP contribution is 2.00. The zero-order valence-corrected chi connectivity index (χ0v) is 9.17. The normalized spacial score (nSPS) is 9.20. The smallest absolute Gasteiger partial charge is 0.186 e. The minimum Gasteiger partial charge on any atom is -0.392 e. The molecular formula is C11H11NO2S. The summed E-state index contributed by atoms with van der Waals surface area (Å²) in [6.45, 7) is 1.50. The summed E-state index contributed by atoms with van der Waals surface area (Å²) in [6, 6.07) is 3.52. The Balaban J connectivity index is 2.52. The zero-order valence-electron chi connectivity index (χ0n) is 8.36. The van der Waals surface area contributed by atoms with E-state index in [1.54, 1.807) is 18.3 Å². The number of pyridine rings is 1. The van der Waals surface area contributed by atoms with Gasteiger partial charge in [0.25, 0.3) is 0 Å². The maximum Gasteiger partial charge on any atom is 0.186 e. The molecule has 0 aliphatic rings. The van der Waals surface area contributed by atoms with Crippen molar-refractivity contribution in [2.24, 2.45) is 0 Å². The molecule has 0 fully saturated rings. The second kappa shape index (κ2) is 6.23. The lowest BCUT2D eigenvalue weighted by atomic mass is 10.2. The van der Waals surface area contributed by atoms with Gasteiger partial charge >= 0.3 is 0 Å². The number of hydrogen-bond donors (Lipinski definition) is 1. The zero-order chi connectivity index (χ0) is 11.1. The number of aliphatic hydroxyl groups excluding tert-OH is 1. The topological polar surface area (TPSA) is 50.2 Å². The molecule has 0 bridgehead atoms. The van der Waals surface area contributed by atoms with E-state index >= 15 is 0 Å². The summed E-state index contributed by atoms with van der Waals surface area (Å²) in [5.74, 6) is 6.16. The third-order valence-corrected chi connectivity index (χ3v) is 2.27. The SMILES string of the molecule is CC(=O)SCC#Cc1ccc(CO)cn1. The summed E-state index contributed by atoms with van der Waals surface area (Å²) in [4.78, 5) is 14.6. The molecule has 4 heteroatoms. The number of aliphatic hydroxyl groups is 1. The molecule has 0 aliphatic carbocycles. The summed E-state index contributed by atoms with van der Waals surface area (Å²) in [6.07, 6.45) is 1.59. The van der Waals surface area contributed by atoms with Crippen molar-refractivity contribution < 1.29 is 9.90 Å². The average molecular weight is 221 g/mol. The second-order valence-electron chi connectivity index (χ2n) is 2.79. The van der Waals surface area contributed by atoms with Gasteiger partial charge in [0.2, 0.25) is 0 Å². The summed E-state index contributed by atoms with van der Waals surface area (Å²) in [5.41, 5.74) is 1.41. The number of aromatic nitrogens is 1.